The van der Waals surface area contributed by atoms with Gasteiger partial charge in [-0.2, -0.15) is 0 Å². The van der Waals surface area contributed by atoms with Crippen LogP contribution in [0, 0.1) is 17.8 Å². The van der Waals surface area contributed by atoms with Gasteiger partial charge in [0.15, 0.2) is 17.4 Å². The van der Waals surface area contributed by atoms with Gasteiger partial charge in [-0.1, -0.05) is 137 Å². The standard InChI is InChI=1S/C12H16O2.C11H21N.C10H18.C9H18ClN.C9H18FN.C9H18.C8H17NO.C8H17NS.C8H17N.C7H17N/c1-6(2)10-9(5)11(13)7(3)8(4)12(10)14;1-8(2)10(5)11(6)12(7)9(3)4;1-7(2)9(5)10(6)8(3)4;2*1-7(2)11(6)8(3)9(4,5)10;1-6-8(4)9(5)7(2)3;2*1-6-10-8(4)9(5)7(2)3;1-6-8(4)9(5)7(2)3;1-5-6-8(4)7(2)3/h6H,1-5H3;9H,6H2,1-5,7H3;8H,1H2,2-6H3;2*7H,3H2,1-2,4-6H3;7H,6H2,1-5H3;2*7H,4,6H2,1-3,5H3;7H,4,6H2,1-3,5H3;7H,5-6H2,1-4H3/b;;10-9+;;;9-8+;;;;. The van der Waals surface area contributed by atoms with Gasteiger partial charge in [0, 0.05) is 130 Å². The van der Waals surface area contributed by atoms with Crippen molar-refractivity contribution in [2.75, 3.05) is 68.2 Å². The fourth-order valence-corrected chi connectivity index (χ4v) is 8.90. The van der Waals surface area contributed by atoms with Crippen molar-refractivity contribution >= 4 is 34.9 Å². The number of rotatable bonds is 28. The van der Waals surface area contributed by atoms with Crippen molar-refractivity contribution in [1.82, 2.24) is 34.3 Å². The summed E-state index contributed by atoms with van der Waals surface area (Å²) in [5, 5.41) is 1.16. The minimum absolute atomic E-state index is 0.0193. The van der Waals surface area contributed by atoms with Gasteiger partial charge >= 0.3 is 0 Å². The molecule has 0 radical (unpaired) electrons. The Bertz CT molecular complexity index is 2590. The van der Waals surface area contributed by atoms with Gasteiger partial charge in [-0.25, -0.2) is 4.39 Å². The van der Waals surface area contributed by atoms with Crippen molar-refractivity contribution < 1.29 is 18.7 Å². The first kappa shape index (κ1) is 118. The maximum absolute atomic E-state index is 13.3. The molecule has 104 heavy (non-hydrogen) atoms. The van der Waals surface area contributed by atoms with Crippen LogP contribution >= 0.6 is 23.4 Å². The second-order valence-electron chi connectivity index (χ2n) is 31.6. The van der Waals surface area contributed by atoms with Gasteiger partial charge < -0.3 is 39.0 Å². The molecule has 0 aromatic carbocycles. The first-order valence-corrected chi connectivity index (χ1v) is 40.1. The van der Waals surface area contributed by atoms with Crippen LogP contribution in [0.5, 0.6) is 0 Å². The summed E-state index contributed by atoms with van der Waals surface area (Å²) in [4.78, 5) is 38.1. The molecule has 0 saturated carbocycles. The van der Waals surface area contributed by atoms with E-state index in [0.29, 0.717) is 82.8 Å². The fraction of sp³-hybridized carbons (Fsp3) is 0.714. The Kier molecular flexibility index (Phi) is 69.3. The van der Waals surface area contributed by atoms with E-state index in [0.717, 1.165) is 40.4 Å². The van der Waals surface area contributed by atoms with Gasteiger partial charge in [-0.3, -0.25) is 9.59 Å². The molecule has 1 aliphatic rings. The molecule has 1 rings (SSSR count). The third-order valence-corrected chi connectivity index (χ3v) is 20.4. The molecule has 1 aliphatic carbocycles. The highest BCUT2D eigenvalue weighted by Crippen LogP contribution is 2.30. The zero-order valence-corrected chi connectivity index (χ0v) is 79.6. The third kappa shape index (κ3) is 54.9. The first-order valence-electron chi connectivity index (χ1n) is 38.7. The van der Waals surface area contributed by atoms with Gasteiger partial charge in [0.25, 0.3) is 0 Å². The molecular formula is C91H177ClFN7O3S. The third-order valence-electron chi connectivity index (χ3n) is 19.2. The van der Waals surface area contributed by atoms with Gasteiger partial charge in [0.2, 0.25) is 0 Å². The predicted octanol–water partition coefficient (Wildman–Crippen LogP) is 26.4. The number of allylic oxidation sites excluding steroid dienone is 14. The number of carbonyl (C=O) groups excluding carboxylic acids is 2. The molecule has 0 fully saturated rings. The first-order chi connectivity index (χ1) is 46.8. The summed E-state index contributed by atoms with van der Waals surface area (Å²) < 4.78 is 18.4. The number of hydrogen-bond acceptors (Lipinski definition) is 11. The maximum Gasteiger partial charge on any atom is 0.185 e. The molecule has 0 saturated heterocycles. The Hall–Kier alpha value is -4.65. The molecule has 0 aromatic rings. The Morgan fingerprint density at radius 2 is 0.846 bits per heavy atom. The summed E-state index contributed by atoms with van der Waals surface area (Å²) in [6.07, 6.45) is 3.51. The van der Waals surface area contributed by atoms with Crippen LogP contribution < -0.4 is 0 Å². The van der Waals surface area contributed by atoms with Crippen LogP contribution in [0.15, 0.2) is 141 Å². The monoisotopic (exact) mass is 1500 g/mol. The minimum Gasteiger partial charge on any atom is -0.480 e. The molecule has 0 atom stereocenters. The molecule has 0 bridgehead atoms. The molecule has 13 heteroatoms. The summed E-state index contributed by atoms with van der Waals surface area (Å²) in [7, 11) is 14.2. The maximum atomic E-state index is 13.3. The number of nitrogens with zero attached hydrogens (tertiary/aromatic N) is 7. The quantitative estimate of drug-likeness (QED) is 0.0247. The fourth-order valence-electron chi connectivity index (χ4n) is 8.02. The van der Waals surface area contributed by atoms with E-state index in [1.54, 1.807) is 43.7 Å². The highest BCUT2D eigenvalue weighted by atomic mass is 35.5. The molecule has 10 nitrogen and oxygen atoms in total. The second kappa shape index (κ2) is 61.3. The van der Waals surface area contributed by atoms with Crippen molar-refractivity contribution in [3.63, 3.8) is 0 Å². The van der Waals surface area contributed by atoms with Crippen molar-refractivity contribution in [2.24, 2.45) is 17.8 Å². The molecule has 0 spiro atoms. The average molecular weight is 1500 g/mol. The van der Waals surface area contributed by atoms with Crippen LogP contribution in [0.3, 0.4) is 0 Å². The molecule has 0 aromatic heterocycles. The van der Waals surface area contributed by atoms with Crippen LogP contribution in [-0.2, 0) is 14.3 Å². The number of Topliss-reactive ketones (excluding diaryl/α,β-unsaturated/α-hetero) is 2. The van der Waals surface area contributed by atoms with Gasteiger partial charge in [-0.05, 0) is 282 Å². The second-order valence-corrected chi connectivity index (χ2v) is 33.9. The zero-order valence-electron chi connectivity index (χ0n) is 78.0. The van der Waals surface area contributed by atoms with Crippen LogP contribution in [0.25, 0.3) is 0 Å². The number of ketones is 2. The van der Waals surface area contributed by atoms with Gasteiger partial charge in [0.05, 0.1) is 16.5 Å². The Morgan fingerprint density at radius 1 is 0.481 bits per heavy atom. The van der Waals surface area contributed by atoms with Crippen LogP contribution in [-0.4, -0.2) is 167 Å². The Balaban J connectivity index is -0.000000138. The molecule has 0 amide bonds. The smallest absolute Gasteiger partial charge is 0.185 e. The lowest BCUT2D eigenvalue weighted by Gasteiger charge is -2.32. The van der Waals surface area contributed by atoms with Crippen molar-refractivity contribution in [3.05, 3.63) is 141 Å². The summed E-state index contributed by atoms with van der Waals surface area (Å²) in [5.74, 6) is 3.41. The molecule has 614 valence electrons. The van der Waals surface area contributed by atoms with E-state index in [1.165, 1.54) is 66.8 Å². The SMILES string of the molecule is C=C(C(C)=C(C)C)N(C)C(C)C.C=C(C)/C(C)=C(\C)C(C)C.C=C(CC)N(C)C(C)C.C=C(N(C)C(C)C)C(C)(C)Cl.C=C(N(C)C(C)C)C(C)(C)F.C=C(OCC)N(C)C(C)C.C=C(SCC)N(C)C(C)C.CC/C(C)=C(\C)C(C)C.CC1=C(C)C(=O)C(C(C)C)=C(C)C1=O.CCCN(C)C(C)C. The van der Waals surface area contributed by atoms with Crippen molar-refractivity contribution in [1.29, 1.82) is 0 Å². The van der Waals surface area contributed by atoms with Gasteiger partial charge in [0.1, 0.15) is 5.67 Å². The van der Waals surface area contributed by atoms with E-state index in [1.807, 2.05) is 79.4 Å². The lowest BCUT2D eigenvalue weighted by molar-refractivity contribution is -0.116. The molecule has 0 unspecified atom stereocenters. The summed E-state index contributed by atoms with van der Waals surface area (Å²) >= 11 is 7.88. The summed E-state index contributed by atoms with van der Waals surface area (Å²) in [5.41, 5.74) is 14.8. The van der Waals surface area contributed by atoms with E-state index in [2.05, 4.69) is 293 Å². The molecule has 0 aliphatic heterocycles. The van der Waals surface area contributed by atoms with Crippen molar-refractivity contribution in [3.8, 4) is 0 Å². The van der Waals surface area contributed by atoms with E-state index in [4.69, 9.17) is 16.3 Å². The number of alkyl halides is 2. The number of halogens is 2. The number of carbonyl (C=O) groups is 2. The Morgan fingerprint density at radius 3 is 1.05 bits per heavy atom. The Labute approximate surface area is 660 Å². The predicted molar refractivity (Wildman–Crippen MR) is 477 cm³/mol. The van der Waals surface area contributed by atoms with E-state index < -0.39 is 5.67 Å². The zero-order chi connectivity index (χ0) is 85.4. The van der Waals surface area contributed by atoms with E-state index in [9.17, 15) is 14.0 Å². The average Bonchev–Trinajstić information content (AvgIpc) is 0.794. The van der Waals surface area contributed by atoms with Crippen molar-refractivity contribution in [2.45, 2.75) is 349 Å². The highest BCUT2D eigenvalue weighted by Gasteiger charge is 2.29. The molecule has 0 heterocycles. The van der Waals surface area contributed by atoms with Crippen LogP contribution in [0.1, 0.15) is 296 Å². The van der Waals surface area contributed by atoms with Crippen LogP contribution in [0.4, 0.5) is 4.39 Å². The highest BCUT2D eigenvalue weighted by molar-refractivity contribution is 8.02. The summed E-state index contributed by atoms with van der Waals surface area (Å²) in [6.45, 7) is 112. The molecular weight excluding hydrogens is 1330 g/mol. The number of thioether (sulfide) groups is 1. The minimum atomic E-state index is -1.31. The lowest BCUT2D eigenvalue weighted by Crippen LogP contribution is -2.34. The normalized spacial score (nSPS) is 12.3. The van der Waals surface area contributed by atoms with Crippen LogP contribution in [0.2, 0.25) is 0 Å². The van der Waals surface area contributed by atoms with E-state index in [-0.39, 0.29) is 22.4 Å². The number of ether oxygens (including phenoxy) is 1. The topological polar surface area (TPSA) is 66.0 Å². The molecule has 0 N–H and O–H groups in total. The lowest BCUT2D eigenvalue weighted by atomic mass is 9.81. The van der Waals surface area contributed by atoms with E-state index >= 15 is 0 Å². The largest absolute Gasteiger partial charge is 0.480 e. The summed E-state index contributed by atoms with van der Waals surface area (Å²) in [6, 6.07) is 3.59. The number of hydrogen-bond donors (Lipinski definition) is 0. The van der Waals surface area contributed by atoms with Gasteiger partial charge in [-0.15, -0.1) is 23.4 Å². The number of likely N-dealkylation sites (N-methyl/N-ethyl adjacent to an activating group) is 1.